The molecule has 0 aromatic heterocycles. The molecule has 0 saturated heterocycles. The fraction of sp³-hybridized carbons (Fsp3) is 0.471. The van der Waals surface area contributed by atoms with Crippen LogP contribution in [0.25, 0.3) is 0 Å². The van der Waals surface area contributed by atoms with Gasteiger partial charge in [0.05, 0.1) is 0 Å². The Hall–Kier alpha value is -1.02. The minimum atomic E-state index is 0.199. The van der Waals surface area contributed by atoms with Gasteiger partial charge in [-0.3, -0.25) is 4.79 Å². The lowest BCUT2D eigenvalue weighted by Crippen LogP contribution is -2.19. The Kier molecular flexibility index (Phi) is 5.71. The van der Waals surface area contributed by atoms with Gasteiger partial charge in [0.2, 0.25) is 0 Å². The number of carbonyl (C=O) groups is 1. The summed E-state index contributed by atoms with van der Waals surface area (Å²) in [6, 6.07) is 10.4. The first-order chi connectivity index (χ1) is 9.31. The zero-order valence-electron chi connectivity index (χ0n) is 11.6. The van der Waals surface area contributed by atoms with Crippen LogP contribution in [0.3, 0.4) is 0 Å². The summed E-state index contributed by atoms with van der Waals surface area (Å²) in [6.07, 6.45) is 6.29. The molecule has 2 heteroatoms. The van der Waals surface area contributed by atoms with Crippen LogP contribution in [-0.2, 0) is 4.79 Å². The maximum absolute atomic E-state index is 12.2. The van der Waals surface area contributed by atoms with E-state index in [4.69, 9.17) is 0 Å². The first-order valence-electron chi connectivity index (χ1n) is 7.24. The molecule has 0 radical (unpaired) electrons. The molecule has 0 bridgehead atoms. The van der Waals surface area contributed by atoms with E-state index in [1.54, 1.807) is 11.8 Å². The number of thioether (sulfide) groups is 1. The molecule has 1 atom stereocenters. The molecule has 2 rings (SSSR count). The van der Waals surface area contributed by atoms with Gasteiger partial charge in [0.1, 0.15) is 5.78 Å². The van der Waals surface area contributed by atoms with Crippen molar-refractivity contribution in [2.45, 2.75) is 50.3 Å². The van der Waals surface area contributed by atoms with Crippen molar-refractivity contribution in [2.24, 2.45) is 5.92 Å². The second kappa shape index (κ2) is 7.54. The van der Waals surface area contributed by atoms with E-state index in [0.717, 1.165) is 25.7 Å². The van der Waals surface area contributed by atoms with E-state index in [2.05, 4.69) is 36.6 Å². The van der Waals surface area contributed by atoms with Crippen LogP contribution in [0.1, 0.15) is 45.4 Å². The fourth-order valence-corrected chi connectivity index (χ4v) is 3.49. The monoisotopic (exact) mass is 274 g/mol. The molecule has 1 aliphatic carbocycles. The highest BCUT2D eigenvalue weighted by atomic mass is 32.2. The number of rotatable bonds is 5. The third-order valence-corrected chi connectivity index (χ3v) is 4.60. The molecule has 19 heavy (non-hydrogen) atoms. The maximum atomic E-state index is 12.2. The summed E-state index contributed by atoms with van der Waals surface area (Å²) >= 11 is 1.75. The summed E-state index contributed by atoms with van der Waals surface area (Å²) in [7, 11) is 0. The molecule has 0 spiro atoms. The van der Waals surface area contributed by atoms with Gasteiger partial charge in [-0.05, 0) is 43.2 Å². The van der Waals surface area contributed by atoms with Crippen molar-refractivity contribution in [3.8, 4) is 0 Å². The third kappa shape index (κ3) is 4.24. The van der Waals surface area contributed by atoms with Crippen molar-refractivity contribution in [1.29, 1.82) is 0 Å². The molecule has 0 amide bonds. The second-order valence-electron chi connectivity index (χ2n) is 5.14. The summed E-state index contributed by atoms with van der Waals surface area (Å²) < 4.78 is 0. The van der Waals surface area contributed by atoms with Gasteiger partial charge in [-0.25, -0.2) is 0 Å². The minimum absolute atomic E-state index is 0.199. The highest BCUT2D eigenvalue weighted by Gasteiger charge is 2.24. The van der Waals surface area contributed by atoms with Gasteiger partial charge in [0.15, 0.2) is 0 Å². The van der Waals surface area contributed by atoms with Crippen LogP contribution in [0.4, 0.5) is 0 Å². The molecule has 1 saturated carbocycles. The number of ketones is 1. The number of benzene rings is 1. The Morgan fingerprint density at radius 2 is 2.11 bits per heavy atom. The van der Waals surface area contributed by atoms with Crippen molar-refractivity contribution in [3.05, 3.63) is 41.3 Å². The second-order valence-corrected chi connectivity index (χ2v) is 6.08. The predicted molar refractivity (Wildman–Crippen MR) is 82.3 cm³/mol. The maximum Gasteiger partial charge on any atom is 0.140 e. The Balaban J connectivity index is 2.04. The van der Waals surface area contributed by atoms with E-state index >= 15 is 0 Å². The zero-order valence-corrected chi connectivity index (χ0v) is 12.4. The normalized spacial score (nSPS) is 21.5. The van der Waals surface area contributed by atoms with Crippen LogP contribution in [0.5, 0.6) is 0 Å². The van der Waals surface area contributed by atoms with Gasteiger partial charge in [-0.2, -0.15) is 0 Å². The standard InChI is InChI=1S/C17H22OS/c1-2-8-17(18)16-12-7-6-9-14(16)13-19-15-10-4-3-5-11-15/h3-5,10-11,13,16H,2,6-9,12H2,1H3/b14-13+. The largest absolute Gasteiger partial charge is 0.299 e. The molecule has 0 N–H and O–H groups in total. The van der Waals surface area contributed by atoms with E-state index in [-0.39, 0.29) is 5.92 Å². The van der Waals surface area contributed by atoms with Gasteiger partial charge in [0, 0.05) is 17.2 Å². The third-order valence-electron chi connectivity index (χ3n) is 3.63. The zero-order chi connectivity index (χ0) is 13.5. The van der Waals surface area contributed by atoms with Gasteiger partial charge in [0.25, 0.3) is 0 Å². The molecular weight excluding hydrogens is 252 g/mol. The van der Waals surface area contributed by atoms with Gasteiger partial charge >= 0.3 is 0 Å². The molecule has 0 aliphatic heterocycles. The molecule has 102 valence electrons. The summed E-state index contributed by atoms with van der Waals surface area (Å²) in [4.78, 5) is 13.4. The van der Waals surface area contributed by atoms with E-state index < -0.39 is 0 Å². The number of hydrogen-bond donors (Lipinski definition) is 0. The smallest absolute Gasteiger partial charge is 0.140 e. The average molecular weight is 274 g/mol. The van der Waals surface area contributed by atoms with Gasteiger partial charge < -0.3 is 0 Å². The number of allylic oxidation sites excluding steroid dienone is 1. The molecule has 1 aliphatic rings. The summed E-state index contributed by atoms with van der Waals surface area (Å²) in [5, 5.41) is 2.23. The minimum Gasteiger partial charge on any atom is -0.299 e. The highest BCUT2D eigenvalue weighted by Crippen LogP contribution is 2.34. The average Bonchev–Trinajstić information content (AvgIpc) is 2.47. The summed E-state index contributed by atoms with van der Waals surface area (Å²) in [6.45, 7) is 2.09. The molecular formula is C17H22OS. The molecule has 1 unspecified atom stereocenters. The van der Waals surface area contributed by atoms with Gasteiger partial charge in [-0.15, -0.1) is 0 Å². The predicted octanol–water partition coefficient (Wildman–Crippen LogP) is 5.22. The first-order valence-corrected chi connectivity index (χ1v) is 8.12. The quantitative estimate of drug-likeness (QED) is 0.684. The summed E-state index contributed by atoms with van der Waals surface area (Å²) in [5.74, 6) is 0.645. The van der Waals surface area contributed by atoms with Crippen molar-refractivity contribution >= 4 is 17.5 Å². The molecule has 1 nitrogen and oxygen atoms in total. The summed E-state index contributed by atoms with van der Waals surface area (Å²) in [5.41, 5.74) is 1.36. The van der Waals surface area contributed by atoms with Crippen molar-refractivity contribution < 1.29 is 4.79 Å². The lowest BCUT2D eigenvalue weighted by molar-refractivity contribution is -0.122. The molecule has 1 aromatic carbocycles. The molecule has 0 heterocycles. The van der Waals surface area contributed by atoms with E-state index in [0.29, 0.717) is 5.78 Å². The van der Waals surface area contributed by atoms with E-state index in [1.165, 1.54) is 23.3 Å². The fourth-order valence-electron chi connectivity index (χ4n) is 2.61. The molecule has 1 fully saturated rings. The van der Waals surface area contributed by atoms with E-state index in [1.807, 2.05) is 6.07 Å². The first kappa shape index (κ1) is 14.4. The Bertz CT molecular complexity index is 436. The lowest BCUT2D eigenvalue weighted by Gasteiger charge is -2.24. The van der Waals surface area contributed by atoms with Crippen molar-refractivity contribution in [3.63, 3.8) is 0 Å². The van der Waals surface area contributed by atoms with Crippen molar-refractivity contribution in [1.82, 2.24) is 0 Å². The van der Waals surface area contributed by atoms with Crippen LogP contribution < -0.4 is 0 Å². The van der Waals surface area contributed by atoms with Crippen LogP contribution in [0.2, 0.25) is 0 Å². The number of hydrogen-bond acceptors (Lipinski definition) is 2. The SMILES string of the molecule is CCCC(=O)C1CCCC/C1=C\Sc1ccccc1. The lowest BCUT2D eigenvalue weighted by atomic mass is 9.81. The van der Waals surface area contributed by atoms with Crippen LogP contribution in [-0.4, -0.2) is 5.78 Å². The van der Waals surface area contributed by atoms with E-state index in [9.17, 15) is 4.79 Å². The topological polar surface area (TPSA) is 17.1 Å². The Labute approximate surface area is 120 Å². The molecule has 1 aromatic rings. The van der Waals surface area contributed by atoms with Crippen LogP contribution in [0, 0.1) is 5.92 Å². The van der Waals surface area contributed by atoms with Gasteiger partial charge in [-0.1, -0.05) is 48.9 Å². The van der Waals surface area contributed by atoms with Crippen LogP contribution in [0.15, 0.2) is 46.2 Å². The Morgan fingerprint density at radius 3 is 2.84 bits per heavy atom. The van der Waals surface area contributed by atoms with Crippen LogP contribution >= 0.6 is 11.8 Å². The highest BCUT2D eigenvalue weighted by molar-refractivity contribution is 8.02. The number of Topliss-reactive ketones (excluding diaryl/α,β-unsaturated/α-hetero) is 1. The Morgan fingerprint density at radius 1 is 1.32 bits per heavy atom. The van der Waals surface area contributed by atoms with Crippen molar-refractivity contribution in [2.75, 3.05) is 0 Å². The number of carbonyl (C=O) groups excluding carboxylic acids is 1.